The Morgan fingerprint density at radius 2 is 1.33 bits per heavy atom. The molecule has 194 valence electrons. The quantitative estimate of drug-likeness (QED) is 0.364. The first-order valence-electron chi connectivity index (χ1n) is 11.2. The van der Waals surface area contributed by atoms with Gasteiger partial charge >= 0.3 is 24.0 Å². The molecule has 0 saturated heterocycles. The van der Waals surface area contributed by atoms with Gasteiger partial charge in [0.2, 0.25) is 0 Å². The first-order valence-corrected chi connectivity index (χ1v) is 11.2. The van der Waals surface area contributed by atoms with Crippen LogP contribution in [-0.4, -0.2) is 49.4 Å². The molecule has 0 heterocycles. The number of rotatable bonds is 11. The summed E-state index contributed by atoms with van der Waals surface area (Å²) in [6.45, 7) is 5.11. The Morgan fingerprint density at radius 1 is 0.778 bits per heavy atom. The largest absolute Gasteiger partial charge is 0.497 e. The van der Waals surface area contributed by atoms with Crippen molar-refractivity contribution in [2.45, 2.75) is 58.7 Å². The third-order valence-corrected chi connectivity index (χ3v) is 5.01. The number of hydrogen-bond acceptors (Lipinski definition) is 9. The zero-order chi connectivity index (χ0) is 26.7. The van der Waals surface area contributed by atoms with E-state index in [0.29, 0.717) is 11.3 Å². The summed E-state index contributed by atoms with van der Waals surface area (Å²) >= 11 is 0. The Kier molecular flexibility index (Phi) is 10.7. The normalized spacial score (nSPS) is 13.8. The number of benzene rings is 2. The Morgan fingerprint density at radius 3 is 1.86 bits per heavy atom. The lowest BCUT2D eigenvalue weighted by atomic mass is 9.95. The highest BCUT2D eigenvalue weighted by Crippen LogP contribution is 2.30. The van der Waals surface area contributed by atoms with Crippen LogP contribution in [0.2, 0.25) is 0 Å². The molecule has 1 unspecified atom stereocenters. The van der Waals surface area contributed by atoms with Crippen LogP contribution in [0.3, 0.4) is 0 Å². The van der Waals surface area contributed by atoms with E-state index in [1.165, 1.54) is 27.9 Å². The standard InChI is InChI=1S/C26H31NO9/c1-16(27-26(31)33-15-20-9-7-6-8-10-20)23(34-17(2)28)25(36-19(4)30)24(35-18(3)29)21-11-13-22(32-5)14-12-21/h6-14,16,23-25H,15H2,1-5H3,(H,27,31)/t16-,23-,24?,25+/m1/s1. The van der Waals surface area contributed by atoms with E-state index in [1.54, 1.807) is 43.3 Å². The zero-order valence-corrected chi connectivity index (χ0v) is 20.9. The molecule has 1 amide bonds. The van der Waals surface area contributed by atoms with Gasteiger partial charge in [-0.25, -0.2) is 4.79 Å². The van der Waals surface area contributed by atoms with Crippen molar-refractivity contribution >= 4 is 24.0 Å². The zero-order valence-electron chi connectivity index (χ0n) is 20.9. The van der Waals surface area contributed by atoms with E-state index in [4.69, 9.17) is 23.7 Å². The van der Waals surface area contributed by atoms with E-state index >= 15 is 0 Å². The van der Waals surface area contributed by atoms with Crippen molar-refractivity contribution in [3.05, 3.63) is 65.7 Å². The minimum absolute atomic E-state index is 0.0208. The van der Waals surface area contributed by atoms with Crippen LogP contribution in [0.25, 0.3) is 0 Å². The Bertz CT molecular complexity index is 1020. The van der Waals surface area contributed by atoms with Gasteiger partial charge in [0.1, 0.15) is 12.4 Å². The third-order valence-electron chi connectivity index (χ3n) is 5.01. The van der Waals surface area contributed by atoms with Crippen LogP contribution in [0.4, 0.5) is 4.79 Å². The van der Waals surface area contributed by atoms with Gasteiger partial charge in [0.05, 0.1) is 13.2 Å². The lowest BCUT2D eigenvalue weighted by Gasteiger charge is -2.35. The van der Waals surface area contributed by atoms with Crippen LogP contribution in [-0.2, 0) is 39.9 Å². The van der Waals surface area contributed by atoms with Gasteiger partial charge in [0, 0.05) is 20.8 Å². The SMILES string of the molecule is COc1ccc(C(OC(C)=O)[C@@H](OC(C)=O)[C@H](OC(C)=O)[C@@H](C)NC(=O)OCc2ccccc2)cc1. The fourth-order valence-electron chi connectivity index (χ4n) is 3.47. The molecular formula is C26H31NO9. The number of esters is 3. The molecule has 0 aliphatic rings. The van der Waals surface area contributed by atoms with Crippen molar-refractivity contribution in [3.63, 3.8) is 0 Å². The van der Waals surface area contributed by atoms with Gasteiger partial charge in [0.15, 0.2) is 18.3 Å². The average molecular weight is 502 g/mol. The predicted octanol–water partition coefficient (Wildman–Crippen LogP) is 3.48. The summed E-state index contributed by atoms with van der Waals surface area (Å²) in [5, 5.41) is 2.60. The maximum absolute atomic E-state index is 12.5. The molecule has 36 heavy (non-hydrogen) atoms. The highest BCUT2D eigenvalue weighted by molar-refractivity contribution is 5.70. The van der Waals surface area contributed by atoms with Crippen LogP contribution in [0.1, 0.15) is 44.9 Å². The second kappa shape index (κ2) is 13.7. The number of ether oxygens (including phenoxy) is 5. The molecule has 2 aromatic carbocycles. The van der Waals surface area contributed by atoms with E-state index in [-0.39, 0.29) is 6.61 Å². The van der Waals surface area contributed by atoms with E-state index in [1.807, 2.05) is 18.2 Å². The van der Waals surface area contributed by atoms with Crippen LogP contribution >= 0.6 is 0 Å². The molecule has 10 nitrogen and oxygen atoms in total. The Labute approximate surface area is 209 Å². The summed E-state index contributed by atoms with van der Waals surface area (Å²) < 4.78 is 26.9. The summed E-state index contributed by atoms with van der Waals surface area (Å²) in [5.41, 5.74) is 1.23. The van der Waals surface area contributed by atoms with E-state index < -0.39 is 48.4 Å². The predicted molar refractivity (Wildman–Crippen MR) is 128 cm³/mol. The summed E-state index contributed by atoms with van der Waals surface area (Å²) in [5.74, 6) is -1.50. The van der Waals surface area contributed by atoms with Gasteiger partial charge in [-0.05, 0) is 30.2 Å². The van der Waals surface area contributed by atoms with Gasteiger partial charge in [-0.15, -0.1) is 0 Å². The van der Waals surface area contributed by atoms with E-state index in [2.05, 4.69) is 5.32 Å². The number of carbonyl (C=O) groups excluding carboxylic acids is 4. The fraction of sp³-hybridized carbons (Fsp3) is 0.385. The third kappa shape index (κ3) is 8.94. The number of alkyl carbamates (subject to hydrolysis) is 1. The van der Waals surface area contributed by atoms with E-state index in [9.17, 15) is 19.2 Å². The molecule has 10 heteroatoms. The molecule has 0 bridgehead atoms. The molecule has 0 aromatic heterocycles. The number of methoxy groups -OCH3 is 1. The van der Waals surface area contributed by atoms with Crippen LogP contribution < -0.4 is 10.1 Å². The van der Waals surface area contributed by atoms with E-state index in [0.717, 1.165) is 5.56 Å². The molecule has 2 aromatic rings. The van der Waals surface area contributed by atoms with Gasteiger partial charge in [-0.3, -0.25) is 14.4 Å². The van der Waals surface area contributed by atoms with Gasteiger partial charge in [-0.1, -0.05) is 42.5 Å². The maximum Gasteiger partial charge on any atom is 0.407 e. The summed E-state index contributed by atoms with van der Waals surface area (Å²) in [6.07, 6.45) is -4.47. The highest BCUT2D eigenvalue weighted by Gasteiger charge is 2.41. The van der Waals surface area contributed by atoms with Crippen LogP contribution in [0.15, 0.2) is 54.6 Å². The second-order valence-corrected chi connectivity index (χ2v) is 7.95. The Balaban J connectivity index is 2.33. The minimum Gasteiger partial charge on any atom is -0.497 e. The summed E-state index contributed by atoms with van der Waals surface area (Å²) in [6, 6.07) is 14.7. The number of hydrogen-bond donors (Lipinski definition) is 1. The monoisotopic (exact) mass is 501 g/mol. The first-order chi connectivity index (χ1) is 17.1. The minimum atomic E-state index is -1.30. The number of amides is 1. The van der Waals surface area contributed by atoms with Crippen molar-refractivity contribution in [1.82, 2.24) is 5.32 Å². The molecular weight excluding hydrogens is 470 g/mol. The van der Waals surface area contributed by atoms with Crippen molar-refractivity contribution in [2.24, 2.45) is 0 Å². The van der Waals surface area contributed by atoms with Crippen molar-refractivity contribution in [2.75, 3.05) is 7.11 Å². The molecule has 0 spiro atoms. The summed E-state index contributed by atoms with van der Waals surface area (Å²) in [4.78, 5) is 48.5. The molecule has 0 aliphatic carbocycles. The lowest BCUT2D eigenvalue weighted by Crippen LogP contribution is -2.52. The Hall–Kier alpha value is -4.08. The number of nitrogens with one attached hydrogen (secondary N) is 1. The smallest absolute Gasteiger partial charge is 0.407 e. The van der Waals surface area contributed by atoms with Crippen LogP contribution in [0, 0.1) is 0 Å². The van der Waals surface area contributed by atoms with Crippen molar-refractivity contribution < 1.29 is 42.9 Å². The van der Waals surface area contributed by atoms with Gasteiger partial charge in [-0.2, -0.15) is 0 Å². The molecule has 0 radical (unpaired) electrons. The fourth-order valence-corrected chi connectivity index (χ4v) is 3.47. The van der Waals surface area contributed by atoms with Crippen LogP contribution in [0.5, 0.6) is 5.75 Å². The first kappa shape index (κ1) is 28.2. The molecule has 1 N–H and O–H groups in total. The second-order valence-electron chi connectivity index (χ2n) is 7.95. The average Bonchev–Trinajstić information content (AvgIpc) is 2.83. The van der Waals surface area contributed by atoms with Crippen molar-refractivity contribution in [3.8, 4) is 5.75 Å². The molecule has 4 atom stereocenters. The van der Waals surface area contributed by atoms with Gasteiger partial charge < -0.3 is 29.0 Å². The van der Waals surface area contributed by atoms with Gasteiger partial charge in [0.25, 0.3) is 0 Å². The maximum atomic E-state index is 12.5. The lowest BCUT2D eigenvalue weighted by molar-refractivity contribution is -0.186. The van der Waals surface area contributed by atoms with Crippen molar-refractivity contribution in [1.29, 1.82) is 0 Å². The number of carbonyl (C=O) groups is 4. The highest BCUT2D eigenvalue weighted by atomic mass is 16.6. The molecule has 0 aliphatic heterocycles. The molecule has 0 saturated carbocycles. The summed E-state index contributed by atoms with van der Waals surface area (Å²) in [7, 11) is 1.50. The molecule has 0 fully saturated rings. The molecule has 2 rings (SSSR count). The topological polar surface area (TPSA) is 126 Å².